The zero-order chi connectivity index (χ0) is 12.4. The first-order valence-electron chi connectivity index (χ1n) is 6.25. The van der Waals surface area contributed by atoms with Crippen LogP contribution in [0.3, 0.4) is 0 Å². The second-order valence-corrected chi connectivity index (χ2v) is 5.07. The second-order valence-electron chi connectivity index (χ2n) is 5.07. The molecule has 92 valence electrons. The van der Waals surface area contributed by atoms with Crippen molar-refractivity contribution < 1.29 is 4.79 Å². The number of carbonyl (C=O) groups excluding carboxylic acids is 1. The molecule has 3 heteroatoms. The Morgan fingerprint density at radius 1 is 1.35 bits per heavy atom. The van der Waals surface area contributed by atoms with Gasteiger partial charge in [0.05, 0.1) is 0 Å². The Bertz CT molecular complexity index is 426. The van der Waals surface area contributed by atoms with Gasteiger partial charge >= 0.3 is 0 Å². The molecular formula is C14H20N2O. The number of hydrogen-bond donors (Lipinski definition) is 2. The minimum atomic E-state index is 0.0429. The van der Waals surface area contributed by atoms with Crippen molar-refractivity contribution in [2.45, 2.75) is 27.2 Å². The average Bonchev–Trinajstić information content (AvgIpc) is 2.74. The minimum absolute atomic E-state index is 0.0429. The molecule has 1 unspecified atom stereocenters. The number of hydrogen-bond acceptors (Lipinski definition) is 2. The Labute approximate surface area is 103 Å². The van der Waals surface area contributed by atoms with E-state index in [-0.39, 0.29) is 11.8 Å². The van der Waals surface area contributed by atoms with Crippen molar-refractivity contribution in [2.24, 2.45) is 11.8 Å². The molecule has 2 N–H and O–H groups in total. The summed E-state index contributed by atoms with van der Waals surface area (Å²) in [6, 6.07) is 6.07. The number of benzene rings is 1. The van der Waals surface area contributed by atoms with Crippen LogP contribution >= 0.6 is 0 Å². The van der Waals surface area contributed by atoms with Crippen LogP contribution in [-0.4, -0.2) is 12.5 Å². The Balaban J connectivity index is 2.07. The molecule has 3 nitrogen and oxygen atoms in total. The number of amides is 1. The highest BCUT2D eigenvalue weighted by Gasteiger charge is 2.17. The number of anilines is 2. The summed E-state index contributed by atoms with van der Waals surface area (Å²) < 4.78 is 0. The van der Waals surface area contributed by atoms with E-state index in [1.54, 1.807) is 0 Å². The van der Waals surface area contributed by atoms with Gasteiger partial charge in [0.1, 0.15) is 0 Å². The molecule has 0 saturated carbocycles. The van der Waals surface area contributed by atoms with Crippen molar-refractivity contribution in [1.82, 2.24) is 0 Å². The monoisotopic (exact) mass is 232 g/mol. The fourth-order valence-electron chi connectivity index (χ4n) is 1.94. The van der Waals surface area contributed by atoms with Gasteiger partial charge in [0.2, 0.25) is 5.91 Å². The van der Waals surface area contributed by atoms with Crippen molar-refractivity contribution in [2.75, 3.05) is 17.2 Å². The average molecular weight is 232 g/mol. The predicted octanol–water partition coefficient (Wildman–Crippen LogP) is 2.89. The van der Waals surface area contributed by atoms with Crippen LogP contribution < -0.4 is 10.6 Å². The molecule has 1 amide bonds. The lowest BCUT2D eigenvalue weighted by molar-refractivity contribution is -0.120. The fourth-order valence-corrected chi connectivity index (χ4v) is 1.94. The zero-order valence-electron chi connectivity index (χ0n) is 10.7. The number of rotatable bonds is 3. The molecule has 0 bridgehead atoms. The molecule has 0 radical (unpaired) electrons. The molecule has 17 heavy (non-hydrogen) atoms. The van der Waals surface area contributed by atoms with Crippen molar-refractivity contribution in [3.63, 3.8) is 0 Å². The highest BCUT2D eigenvalue weighted by Crippen LogP contribution is 2.25. The van der Waals surface area contributed by atoms with E-state index in [0.29, 0.717) is 5.92 Å². The summed E-state index contributed by atoms with van der Waals surface area (Å²) in [6.07, 6.45) is 1.04. The lowest BCUT2D eigenvalue weighted by Gasteiger charge is -2.15. The van der Waals surface area contributed by atoms with E-state index in [4.69, 9.17) is 0 Å². The maximum absolute atomic E-state index is 11.9. The van der Waals surface area contributed by atoms with E-state index in [0.717, 1.165) is 18.7 Å². The summed E-state index contributed by atoms with van der Waals surface area (Å²) in [4.78, 5) is 11.9. The Morgan fingerprint density at radius 3 is 2.82 bits per heavy atom. The Morgan fingerprint density at radius 2 is 2.12 bits per heavy atom. The molecule has 0 saturated heterocycles. The molecule has 1 aliphatic rings. The summed E-state index contributed by atoms with van der Waals surface area (Å²) >= 11 is 0. The molecule has 0 aromatic heterocycles. The maximum Gasteiger partial charge on any atom is 0.227 e. The van der Waals surface area contributed by atoms with E-state index in [1.165, 1.54) is 11.3 Å². The van der Waals surface area contributed by atoms with Crippen LogP contribution in [-0.2, 0) is 11.2 Å². The first kappa shape index (κ1) is 12.0. The number of carbonyl (C=O) groups is 1. The van der Waals surface area contributed by atoms with Crippen molar-refractivity contribution >= 4 is 17.3 Å². The smallest absolute Gasteiger partial charge is 0.227 e. The second kappa shape index (κ2) is 4.78. The van der Waals surface area contributed by atoms with Gasteiger partial charge in [-0.25, -0.2) is 0 Å². The summed E-state index contributed by atoms with van der Waals surface area (Å²) in [6.45, 7) is 7.10. The standard InChI is InChI=1S/C14H20N2O/c1-9(2)10(3)14(17)16-12-4-5-13-11(8-12)6-7-15-13/h4-5,8-10,15H,6-7H2,1-3H3,(H,16,17). The van der Waals surface area contributed by atoms with Crippen LogP contribution in [0.15, 0.2) is 18.2 Å². The molecule has 1 aromatic carbocycles. The van der Waals surface area contributed by atoms with Gasteiger partial charge in [0.15, 0.2) is 0 Å². The van der Waals surface area contributed by atoms with E-state index in [2.05, 4.69) is 30.5 Å². The van der Waals surface area contributed by atoms with Gasteiger partial charge in [0.25, 0.3) is 0 Å². The summed E-state index contributed by atoms with van der Waals surface area (Å²) in [5.74, 6) is 0.512. The maximum atomic E-state index is 11.9. The highest BCUT2D eigenvalue weighted by molar-refractivity contribution is 5.92. The molecule has 0 fully saturated rings. The molecule has 0 aliphatic carbocycles. The van der Waals surface area contributed by atoms with Crippen LogP contribution in [0.2, 0.25) is 0 Å². The summed E-state index contributed by atoms with van der Waals surface area (Å²) in [5.41, 5.74) is 3.39. The van der Waals surface area contributed by atoms with Crippen LogP contribution in [0.1, 0.15) is 26.3 Å². The van der Waals surface area contributed by atoms with E-state index >= 15 is 0 Å². The van der Waals surface area contributed by atoms with Crippen LogP contribution in [0.25, 0.3) is 0 Å². The Kier molecular flexibility index (Phi) is 3.36. The van der Waals surface area contributed by atoms with Gasteiger partial charge in [-0.05, 0) is 36.1 Å². The molecule has 2 rings (SSSR count). The van der Waals surface area contributed by atoms with Crippen molar-refractivity contribution in [3.05, 3.63) is 23.8 Å². The minimum Gasteiger partial charge on any atom is -0.384 e. The third-order valence-electron chi connectivity index (χ3n) is 3.50. The third kappa shape index (κ3) is 2.60. The molecule has 1 atom stereocenters. The van der Waals surface area contributed by atoms with Gasteiger partial charge in [-0.3, -0.25) is 4.79 Å². The molecule has 1 aromatic rings. The lowest BCUT2D eigenvalue weighted by Crippen LogP contribution is -2.24. The number of fused-ring (bicyclic) bond motifs is 1. The normalized spacial score (nSPS) is 15.3. The van der Waals surface area contributed by atoms with Gasteiger partial charge in [0, 0.05) is 23.8 Å². The van der Waals surface area contributed by atoms with Gasteiger partial charge < -0.3 is 10.6 Å². The quantitative estimate of drug-likeness (QED) is 0.841. The van der Waals surface area contributed by atoms with Gasteiger partial charge in [-0.2, -0.15) is 0 Å². The summed E-state index contributed by atoms with van der Waals surface area (Å²) in [7, 11) is 0. The first-order valence-corrected chi connectivity index (χ1v) is 6.25. The first-order chi connectivity index (χ1) is 8.08. The van der Waals surface area contributed by atoms with E-state index in [9.17, 15) is 4.79 Å². The molecule has 1 aliphatic heterocycles. The largest absolute Gasteiger partial charge is 0.384 e. The predicted molar refractivity (Wildman–Crippen MR) is 71.3 cm³/mol. The third-order valence-corrected chi connectivity index (χ3v) is 3.50. The zero-order valence-corrected chi connectivity index (χ0v) is 10.7. The number of nitrogens with one attached hydrogen (secondary N) is 2. The van der Waals surface area contributed by atoms with E-state index in [1.807, 2.05) is 19.1 Å². The molecular weight excluding hydrogens is 212 g/mol. The van der Waals surface area contributed by atoms with E-state index < -0.39 is 0 Å². The fraction of sp³-hybridized carbons (Fsp3) is 0.500. The highest BCUT2D eigenvalue weighted by atomic mass is 16.1. The Hall–Kier alpha value is -1.51. The topological polar surface area (TPSA) is 41.1 Å². The van der Waals surface area contributed by atoms with Crippen LogP contribution in [0.4, 0.5) is 11.4 Å². The van der Waals surface area contributed by atoms with Crippen LogP contribution in [0.5, 0.6) is 0 Å². The van der Waals surface area contributed by atoms with Gasteiger partial charge in [-0.1, -0.05) is 20.8 Å². The van der Waals surface area contributed by atoms with Crippen LogP contribution in [0, 0.1) is 11.8 Å². The van der Waals surface area contributed by atoms with Crippen molar-refractivity contribution in [3.8, 4) is 0 Å². The van der Waals surface area contributed by atoms with Gasteiger partial charge in [-0.15, -0.1) is 0 Å². The molecule has 0 spiro atoms. The van der Waals surface area contributed by atoms with Crippen molar-refractivity contribution in [1.29, 1.82) is 0 Å². The lowest BCUT2D eigenvalue weighted by atomic mass is 9.97. The molecule has 1 heterocycles. The SMILES string of the molecule is CC(C)C(C)C(=O)Nc1ccc2c(c1)CCN2. The summed E-state index contributed by atoms with van der Waals surface area (Å²) in [5, 5.41) is 6.29.